The van der Waals surface area contributed by atoms with E-state index < -0.39 is 12.0 Å². The van der Waals surface area contributed by atoms with Crippen LogP contribution in [0.5, 0.6) is 0 Å². The van der Waals surface area contributed by atoms with E-state index in [2.05, 4.69) is 15.3 Å². The SMILES string of the molecule is CCN(CC)c1ncc(N(CC)C(=O)N2CCCC2)c(NC(Cc2ccc(N(C)c3ncccc3N(C)C=O)cc2)C(=O)O)n1. The van der Waals surface area contributed by atoms with E-state index in [1.165, 1.54) is 4.90 Å². The van der Waals surface area contributed by atoms with Crippen molar-refractivity contribution in [2.45, 2.75) is 46.1 Å². The Bertz CT molecular complexity index is 1460. The van der Waals surface area contributed by atoms with Gasteiger partial charge in [-0.2, -0.15) is 4.98 Å². The zero-order chi connectivity index (χ0) is 32.5. The molecular formula is C32H43N9O4. The summed E-state index contributed by atoms with van der Waals surface area (Å²) in [6.07, 6.45) is 6.08. The molecule has 1 atom stereocenters. The van der Waals surface area contributed by atoms with Gasteiger partial charge in [-0.1, -0.05) is 12.1 Å². The van der Waals surface area contributed by atoms with Gasteiger partial charge in [-0.25, -0.2) is 19.6 Å². The summed E-state index contributed by atoms with van der Waals surface area (Å²) >= 11 is 0. The molecule has 1 aliphatic heterocycles. The van der Waals surface area contributed by atoms with Crippen molar-refractivity contribution in [3.8, 4) is 0 Å². The van der Waals surface area contributed by atoms with Gasteiger partial charge in [0.05, 0.1) is 11.9 Å². The minimum absolute atomic E-state index is 0.140. The van der Waals surface area contributed by atoms with Crippen LogP contribution in [-0.4, -0.2) is 96.2 Å². The summed E-state index contributed by atoms with van der Waals surface area (Å²) in [7, 11) is 3.52. The van der Waals surface area contributed by atoms with Crippen LogP contribution in [0.3, 0.4) is 0 Å². The number of pyridine rings is 1. The maximum absolute atomic E-state index is 13.4. The molecule has 1 aliphatic rings. The lowest BCUT2D eigenvalue weighted by molar-refractivity contribution is -0.137. The molecule has 0 bridgehead atoms. The van der Waals surface area contributed by atoms with Gasteiger partial charge in [0.1, 0.15) is 11.7 Å². The maximum Gasteiger partial charge on any atom is 0.326 e. The monoisotopic (exact) mass is 617 g/mol. The zero-order valence-electron chi connectivity index (χ0n) is 26.7. The molecular weight excluding hydrogens is 574 g/mol. The van der Waals surface area contributed by atoms with E-state index in [-0.39, 0.29) is 12.5 Å². The minimum atomic E-state index is -1.05. The Morgan fingerprint density at radius 1 is 1.00 bits per heavy atom. The van der Waals surface area contributed by atoms with E-state index in [1.54, 1.807) is 30.4 Å². The Balaban J connectivity index is 1.61. The van der Waals surface area contributed by atoms with Crippen LogP contribution in [0.2, 0.25) is 0 Å². The van der Waals surface area contributed by atoms with Gasteiger partial charge < -0.3 is 30.0 Å². The predicted octanol–water partition coefficient (Wildman–Crippen LogP) is 4.23. The normalized spacial score (nSPS) is 13.2. The van der Waals surface area contributed by atoms with Crippen molar-refractivity contribution < 1.29 is 19.5 Å². The summed E-state index contributed by atoms with van der Waals surface area (Å²) in [5.74, 6) is 0.317. The van der Waals surface area contributed by atoms with Crippen molar-refractivity contribution >= 4 is 53.1 Å². The summed E-state index contributed by atoms with van der Waals surface area (Å²) in [5, 5.41) is 13.4. The summed E-state index contributed by atoms with van der Waals surface area (Å²) < 4.78 is 0. The molecule has 3 amide bonds. The van der Waals surface area contributed by atoms with Gasteiger partial charge in [-0.05, 0) is 63.4 Å². The van der Waals surface area contributed by atoms with Crippen molar-refractivity contribution in [1.29, 1.82) is 0 Å². The number of carbonyl (C=O) groups is 3. The average Bonchev–Trinajstić information content (AvgIpc) is 3.61. The number of carboxylic acids is 1. The van der Waals surface area contributed by atoms with Gasteiger partial charge in [0, 0.05) is 65.1 Å². The smallest absolute Gasteiger partial charge is 0.326 e. The highest BCUT2D eigenvalue weighted by molar-refractivity contribution is 5.95. The van der Waals surface area contributed by atoms with E-state index in [1.807, 2.05) is 72.9 Å². The number of carbonyl (C=O) groups excluding carboxylic acids is 2. The standard InChI is InChI=1S/C32H43N9O4/c1-6-39(7-2)31-34-21-27(41(8-3)32(45)40-18-9-10-19-40)28(36-31)35-25(30(43)44)20-23-13-15-24(16-14-23)38(5)29-26(37(4)22-42)12-11-17-33-29/h11-17,21-22,25H,6-10,18-20H2,1-5H3,(H,43,44)(H,34,35,36). The van der Waals surface area contributed by atoms with Gasteiger partial charge in [0.25, 0.3) is 0 Å². The number of nitrogens with zero attached hydrogens (tertiary/aromatic N) is 8. The third-order valence-corrected chi connectivity index (χ3v) is 8.01. The van der Waals surface area contributed by atoms with Crippen molar-refractivity contribution in [1.82, 2.24) is 19.9 Å². The second kappa shape index (κ2) is 15.2. The molecule has 0 spiro atoms. The molecule has 0 radical (unpaired) electrons. The molecule has 3 aromatic rings. The lowest BCUT2D eigenvalue weighted by Crippen LogP contribution is -2.43. The van der Waals surface area contributed by atoms with Crippen LogP contribution >= 0.6 is 0 Å². The van der Waals surface area contributed by atoms with Crippen LogP contribution in [0.4, 0.5) is 39.4 Å². The Hall–Kier alpha value is -4.94. The Morgan fingerprint density at radius 2 is 1.69 bits per heavy atom. The molecule has 1 unspecified atom stereocenters. The summed E-state index contributed by atoms with van der Waals surface area (Å²) in [4.78, 5) is 59.9. The van der Waals surface area contributed by atoms with E-state index in [9.17, 15) is 19.5 Å². The molecule has 2 aromatic heterocycles. The number of carboxylic acid groups (broad SMARTS) is 1. The molecule has 13 heteroatoms. The highest BCUT2D eigenvalue weighted by Gasteiger charge is 2.29. The summed E-state index contributed by atoms with van der Waals surface area (Å²) in [5.41, 5.74) is 2.71. The molecule has 0 aliphatic carbocycles. The fourth-order valence-corrected chi connectivity index (χ4v) is 5.37. The fourth-order valence-electron chi connectivity index (χ4n) is 5.37. The van der Waals surface area contributed by atoms with Gasteiger partial charge in [-0.15, -0.1) is 0 Å². The van der Waals surface area contributed by atoms with Crippen LogP contribution in [0, 0.1) is 0 Å². The first-order valence-electron chi connectivity index (χ1n) is 15.4. The first-order chi connectivity index (χ1) is 21.7. The Labute approximate surface area is 264 Å². The molecule has 1 fully saturated rings. The number of urea groups is 1. The predicted molar refractivity (Wildman–Crippen MR) is 177 cm³/mol. The number of anilines is 6. The molecule has 0 saturated carbocycles. The molecule has 1 aromatic carbocycles. The van der Waals surface area contributed by atoms with E-state index in [4.69, 9.17) is 4.98 Å². The highest BCUT2D eigenvalue weighted by Crippen LogP contribution is 2.31. The van der Waals surface area contributed by atoms with Gasteiger partial charge >= 0.3 is 12.0 Å². The van der Waals surface area contributed by atoms with E-state index in [0.717, 1.165) is 30.5 Å². The van der Waals surface area contributed by atoms with Crippen LogP contribution in [-0.2, 0) is 16.0 Å². The first-order valence-corrected chi connectivity index (χ1v) is 15.4. The number of rotatable bonds is 14. The maximum atomic E-state index is 13.4. The zero-order valence-corrected chi connectivity index (χ0v) is 26.7. The Kier molecular flexibility index (Phi) is 11.1. The number of benzene rings is 1. The summed E-state index contributed by atoms with van der Waals surface area (Å²) in [6, 6.07) is 9.92. The lowest BCUT2D eigenvalue weighted by atomic mass is 10.1. The highest BCUT2D eigenvalue weighted by atomic mass is 16.4. The lowest BCUT2D eigenvalue weighted by Gasteiger charge is -2.29. The van der Waals surface area contributed by atoms with Crippen LogP contribution in [0.15, 0.2) is 48.8 Å². The van der Waals surface area contributed by atoms with E-state index in [0.29, 0.717) is 61.7 Å². The van der Waals surface area contributed by atoms with Gasteiger partial charge in [0.15, 0.2) is 11.6 Å². The molecule has 4 rings (SSSR count). The number of amides is 3. The Morgan fingerprint density at radius 3 is 2.29 bits per heavy atom. The topological polar surface area (TPSA) is 138 Å². The van der Waals surface area contributed by atoms with E-state index >= 15 is 0 Å². The molecule has 45 heavy (non-hydrogen) atoms. The average molecular weight is 618 g/mol. The number of nitrogens with one attached hydrogen (secondary N) is 1. The molecule has 13 nitrogen and oxygen atoms in total. The third-order valence-electron chi connectivity index (χ3n) is 8.01. The number of likely N-dealkylation sites (tertiary alicyclic amines) is 1. The molecule has 240 valence electrons. The number of hydrogen-bond donors (Lipinski definition) is 2. The van der Waals surface area contributed by atoms with Gasteiger partial charge in [0.2, 0.25) is 12.4 Å². The molecule has 1 saturated heterocycles. The largest absolute Gasteiger partial charge is 0.480 e. The van der Waals surface area contributed by atoms with Crippen molar-refractivity contribution in [3.63, 3.8) is 0 Å². The van der Waals surface area contributed by atoms with Crippen LogP contribution in [0.1, 0.15) is 39.2 Å². The fraction of sp³-hybridized carbons (Fsp3) is 0.438. The minimum Gasteiger partial charge on any atom is -0.480 e. The van der Waals surface area contributed by atoms with Gasteiger partial charge in [-0.3, -0.25) is 9.69 Å². The second-order valence-corrected chi connectivity index (χ2v) is 10.8. The van der Waals surface area contributed by atoms with Crippen LogP contribution in [0.25, 0.3) is 0 Å². The van der Waals surface area contributed by atoms with Crippen molar-refractivity contribution in [3.05, 3.63) is 54.4 Å². The number of aliphatic carboxylic acids is 1. The number of aromatic nitrogens is 3. The summed E-state index contributed by atoms with van der Waals surface area (Å²) in [6.45, 7) is 8.99. The first kappa shape index (κ1) is 33.0. The van der Waals surface area contributed by atoms with Crippen molar-refractivity contribution in [2.75, 3.05) is 71.7 Å². The van der Waals surface area contributed by atoms with Crippen LogP contribution < -0.4 is 24.9 Å². The second-order valence-electron chi connectivity index (χ2n) is 10.8. The van der Waals surface area contributed by atoms with Crippen molar-refractivity contribution in [2.24, 2.45) is 0 Å². The third kappa shape index (κ3) is 7.59. The quantitative estimate of drug-likeness (QED) is 0.253. The molecule has 3 heterocycles. The number of hydrogen-bond acceptors (Lipinski definition) is 9. The molecule has 2 N–H and O–H groups in total.